The predicted molar refractivity (Wildman–Crippen MR) is 77.6 cm³/mol. The lowest BCUT2D eigenvalue weighted by Gasteiger charge is -2.10. The van der Waals surface area contributed by atoms with Gasteiger partial charge in [-0.25, -0.2) is 4.68 Å². The van der Waals surface area contributed by atoms with Crippen molar-refractivity contribution in [3.8, 4) is 11.4 Å². The highest BCUT2D eigenvalue weighted by molar-refractivity contribution is 6.32. The van der Waals surface area contributed by atoms with Crippen LogP contribution in [0.2, 0.25) is 0 Å². The van der Waals surface area contributed by atoms with Crippen LogP contribution in [0.3, 0.4) is 0 Å². The minimum Gasteiger partial charge on any atom is -0.325 e. The van der Waals surface area contributed by atoms with Crippen molar-refractivity contribution in [3.63, 3.8) is 0 Å². The number of carbonyl (C=O) groups excluding carboxylic acids is 1. The number of halogens is 1. The predicted octanol–water partition coefficient (Wildman–Crippen LogP) is 2.49. The number of carbonyl (C=O) groups is 1. The third kappa shape index (κ3) is 3.14. The van der Waals surface area contributed by atoms with Crippen molar-refractivity contribution in [1.29, 1.82) is 0 Å². The average Bonchev–Trinajstić information content (AvgIpc) is 2.88. The topological polar surface area (TPSA) is 72.7 Å². The first-order valence-corrected chi connectivity index (χ1v) is 6.76. The van der Waals surface area contributed by atoms with Gasteiger partial charge in [0.25, 0.3) is 0 Å². The van der Waals surface area contributed by atoms with Crippen molar-refractivity contribution >= 4 is 23.2 Å². The fourth-order valence-electron chi connectivity index (χ4n) is 1.71. The van der Waals surface area contributed by atoms with Crippen LogP contribution in [0.25, 0.3) is 11.4 Å². The Balaban J connectivity index is 2.30. The van der Waals surface area contributed by atoms with Crippen LogP contribution in [-0.2, 0) is 4.79 Å². The maximum Gasteiger partial charge on any atom is 0.242 e. The molecule has 0 aliphatic carbocycles. The number of hydrogen-bond donors (Lipinski definition) is 1. The number of alkyl halides is 1. The van der Waals surface area contributed by atoms with Crippen LogP contribution in [0.4, 0.5) is 5.69 Å². The third-order valence-corrected chi connectivity index (χ3v) is 2.93. The van der Waals surface area contributed by atoms with Crippen molar-refractivity contribution in [1.82, 2.24) is 20.2 Å². The molecule has 0 aliphatic rings. The van der Waals surface area contributed by atoms with Crippen LogP contribution in [0.5, 0.6) is 0 Å². The highest BCUT2D eigenvalue weighted by Gasteiger charge is 2.13. The second-order valence-electron chi connectivity index (χ2n) is 4.73. The molecule has 2 aromatic rings. The van der Waals surface area contributed by atoms with Gasteiger partial charge in [0.1, 0.15) is 5.38 Å². The Labute approximate surface area is 122 Å². The first kappa shape index (κ1) is 14.5. The Morgan fingerprint density at radius 2 is 2.10 bits per heavy atom. The van der Waals surface area contributed by atoms with Gasteiger partial charge in [0.05, 0.1) is 6.04 Å². The zero-order valence-electron chi connectivity index (χ0n) is 11.5. The van der Waals surface area contributed by atoms with E-state index >= 15 is 0 Å². The van der Waals surface area contributed by atoms with E-state index in [9.17, 15) is 4.79 Å². The molecule has 0 radical (unpaired) electrons. The number of amides is 1. The van der Waals surface area contributed by atoms with E-state index in [1.807, 2.05) is 32.0 Å². The van der Waals surface area contributed by atoms with E-state index in [1.54, 1.807) is 17.7 Å². The molecule has 7 heteroatoms. The largest absolute Gasteiger partial charge is 0.325 e. The Morgan fingerprint density at radius 1 is 1.35 bits per heavy atom. The Bertz CT molecular complexity index is 608. The molecular formula is C13H16ClN5O. The summed E-state index contributed by atoms with van der Waals surface area (Å²) in [4.78, 5) is 11.6. The number of anilines is 1. The second-order valence-corrected chi connectivity index (χ2v) is 5.38. The lowest BCUT2D eigenvalue weighted by molar-refractivity contribution is -0.115. The van der Waals surface area contributed by atoms with Crippen molar-refractivity contribution in [3.05, 3.63) is 24.3 Å². The molecule has 1 N–H and O–H groups in total. The first-order chi connectivity index (χ1) is 9.49. The lowest BCUT2D eigenvalue weighted by atomic mass is 10.2. The number of hydrogen-bond acceptors (Lipinski definition) is 4. The second kappa shape index (κ2) is 6.00. The summed E-state index contributed by atoms with van der Waals surface area (Å²) in [5.74, 6) is 0.419. The molecule has 1 atom stereocenters. The summed E-state index contributed by atoms with van der Waals surface area (Å²) in [6.45, 7) is 5.63. The van der Waals surface area contributed by atoms with Gasteiger partial charge in [-0.2, -0.15) is 0 Å². The molecular weight excluding hydrogens is 278 g/mol. The van der Waals surface area contributed by atoms with E-state index in [4.69, 9.17) is 11.6 Å². The summed E-state index contributed by atoms with van der Waals surface area (Å²) in [6.07, 6.45) is 0. The molecule has 1 aromatic carbocycles. The van der Waals surface area contributed by atoms with E-state index in [0.29, 0.717) is 11.5 Å². The standard InChI is InChI=1S/C13H16ClN5O/c1-8(2)19-12(16-17-18-19)10-5-4-6-11(7-10)15-13(20)9(3)14/h4-9H,1-3H3,(H,15,20). The van der Waals surface area contributed by atoms with Gasteiger partial charge >= 0.3 is 0 Å². The van der Waals surface area contributed by atoms with E-state index in [-0.39, 0.29) is 11.9 Å². The smallest absolute Gasteiger partial charge is 0.242 e. The van der Waals surface area contributed by atoms with Crippen molar-refractivity contribution in [2.45, 2.75) is 32.2 Å². The Hall–Kier alpha value is -1.95. The normalized spacial score (nSPS) is 12.4. The zero-order valence-corrected chi connectivity index (χ0v) is 12.3. The molecule has 0 spiro atoms. The number of rotatable bonds is 4. The molecule has 0 bridgehead atoms. The quantitative estimate of drug-likeness (QED) is 0.879. The summed E-state index contributed by atoms with van der Waals surface area (Å²) in [5.41, 5.74) is 1.50. The molecule has 0 saturated heterocycles. The van der Waals surface area contributed by atoms with Gasteiger partial charge in [-0.1, -0.05) is 12.1 Å². The van der Waals surface area contributed by atoms with Crippen LogP contribution in [0, 0.1) is 0 Å². The molecule has 1 unspecified atom stereocenters. The highest BCUT2D eigenvalue weighted by Crippen LogP contribution is 2.22. The number of benzene rings is 1. The van der Waals surface area contributed by atoms with Crippen LogP contribution in [0.15, 0.2) is 24.3 Å². The van der Waals surface area contributed by atoms with Crippen LogP contribution in [0.1, 0.15) is 26.8 Å². The van der Waals surface area contributed by atoms with E-state index in [2.05, 4.69) is 20.8 Å². The van der Waals surface area contributed by atoms with E-state index in [0.717, 1.165) is 5.56 Å². The molecule has 1 heterocycles. The van der Waals surface area contributed by atoms with Gasteiger partial charge in [0, 0.05) is 11.3 Å². The molecule has 1 amide bonds. The van der Waals surface area contributed by atoms with Gasteiger partial charge < -0.3 is 5.32 Å². The molecule has 0 fully saturated rings. The Morgan fingerprint density at radius 3 is 2.75 bits per heavy atom. The minimum absolute atomic E-state index is 0.154. The van der Waals surface area contributed by atoms with E-state index < -0.39 is 5.38 Å². The average molecular weight is 294 g/mol. The molecule has 0 saturated carbocycles. The number of aromatic nitrogens is 4. The highest BCUT2D eigenvalue weighted by atomic mass is 35.5. The van der Waals surface area contributed by atoms with Gasteiger partial charge in [-0.3, -0.25) is 4.79 Å². The fourth-order valence-corrected chi connectivity index (χ4v) is 1.76. The SMILES string of the molecule is CC(Cl)C(=O)Nc1cccc(-c2nnnn2C(C)C)c1. The molecule has 6 nitrogen and oxygen atoms in total. The molecule has 1 aromatic heterocycles. The molecule has 0 aliphatic heterocycles. The Kier molecular flexibility index (Phi) is 4.34. The van der Waals surface area contributed by atoms with E-state index in [1.165, 1.54) is 0 Å². The van der Waals surface area contributed by atoms with Crippen LogP contribution >= 0.6 is 11.6 Å². The van der Waals surface area contributed by atoms with Gasteiger partial charge in [0.15, 0.2) is 5.82 Å². The van der Waals surface area contributed by atoms with Gasteiger partial charge in [0.2, 0.25) is 5.91 Å². The summed E-state index contributed by atoms with van der Waals surface area (Å²) in [5, 5.41) is 13.8. The molecule has 2 rings (SSSR count). The monoisotopic (exact) mass is 293 g/mol. The lowest BCUT2D eigenvalue weighted by Crippen LogP contribution is -2.20. The van der Waals surface area contributed by atoms with Gasteiger partial charge in [-0.15, -0.1) is 16.7 Å². The molecule has 20 heavy (non-hydrogen) atoms. The van der Waals surface area contributed by atoms with Crippen LogP contribution < -0.4 is 5.32 Å². The van der Waals surface area contributed by atoms with Crippen molar-refractivity contribution < 1.29 is 4.79 Å². The number of nitrogens with one attached hydrogen (secondary N) is 1. The summed E-state index contributed by atoms with van der Waals surface area (Å²) in [7, 11) is 0. The van der Waals surface area contributed by atoms with Crippen molar-refractivity contribution in [2.24, 2.45) is 0 Å². The maximum atomic E-state index is 11.6. The minimum atomic E-state index is -0.584. The number of tetrazole rings is 1. The maximum absolute atomic E-state index is 11.6. The summed E-state index contributed by atoms with van der Waals surface area (Å²) < 4.78 is 1.73. The molecule has 106 valence electrons. The zero-order chi connectivity index (χ0) is 14.7. The fraction of sp³-hybridized carbons (Fsp3) is 0.385. The summed E-state index contributed by atoms with van der Waals surface area (Å²) >= 11 is 5.74. The first-order valence-electron chi connectivity index (χ1n) is 6.32. The number of nitrogens with zero attached hydrogens (tertiary/aromatic N) is 4. The third-order valence-electron chi connectivity index (χ3n) is 2.73. The van der Waals surface area contributed by atoms with Crippen LogP contribution in [-0.4, -0.2) is 31.5 Å². The van der Waals surface area contributed by atoms with Crippen molar-refractivity contribution in [2.75, 3.05) is 5.32 Å². The summed E-state index contributed by atoms with van der Waals surface area (Å²) in [6, 6.07) is 7.50. The van der Waals surface area contributed by atoms with Gasteiger partial charge in [-0.05, 0) is 43.3 Å².